The fraction of sp³-hybridized carbons (Fsp3) is 0.455. The molecule has 1 aromatic carbocycles. The zero-order valence-electron chi connectivity index (χ0n) is 8.63. The number of hydrogen-bond acceptors (Lipinski definition) is 2. The normalized spacial score (nSPS) is 11.7. The van der Waals surface area contributed by atoms with Crippen molar-refractivity contribution >= 4 is 11.8 Å². The van der Waals surface area contributed by atoms with E-state index < -0.39 is 0 Å². The number of benzene rings is 1. The van der Waals surface area contributed by atoms with Crippen molar-refractivity contribution in [2.45, 2.75) is 24.3 Å². The summed E-state index contributed by atoms with van der Waals surface area (Å²) >= 11 is 1.75. The molecule has 0 radical (unpaired) electrons. The maximum absolute atomic E-state index is 5.39. The largest absolute Gasteiger partial charge is 0.374 e. The quantitative estimate of drug-likeness (QED) is 0.686. The third-order valence-electron chi connectivity index (χ3n) is 2.30. The van der Waals surface area contributed by atoms with Gasteiger partial charge in [-0.05, 0) is 37.8 Å². The van der Waals surface area contributed by atoms with Crippen molar-refractivity contribution in [1.29, 1.82) is 0 Å². The van der Waals surface area contributed by atoms with Crippen LogP contribution in [0.2, 0.25) is 0 Å². The molecule has 72 valence electrons. The average Bonchev–Trinajstić information content (AvgIpc) is 2.18. The van der Waals surface area contributed by atoms with Crippen LogP contribution in [0.1, 0.15) is 19.4 Å². The molecule has 0 saturated heterocycles. The molecule has 0 N–H and O–H groups in total. The lowest BCUT2D eigenvalue weighted by molar-refractivity contribution is 0.0192. The van der Waals surface area contributed by atoms with Crippen LogP contribution in [0.3, 0.4) is 0 Å². The first-order chi connectivity index (χ1) is 6.10. The molecular formula is C11H16OS. The van der Waals surface area contributed by atoms with Crippen LogP contribution in [-0.2, 0) is 10.3 Å². The summed E-state index contributed by atoms with van der Waals surface area (Å²) in [7, 11) is 1.74. The molecule has 0 bridgehead atoms. The maximum Gasteiger partial charge on any atom is 0.0871 e. The van der Waals surface area contributed by atoms with Crippen molar-refractivity contribution < 1.29 is 4.74 Å². The highest BCUT2D eigenvalue weighted by atomic mass is 32.2. The smallest absolute Gasteiger partial charge is 0.0871 e. The topological polar surface area (TPSA) is 9.23 Å². The van der Waals surface area contributed by atoms with E-state index in [4.69, 9.17) is 4.74 Å². The molecule has 13 heavy (non-hydrogen) atoms. The molecule has 0 aromatic heterocycles. The van der Waals surface area contributed by atoms with Gasteiger partial charge in [0.15, 0.2) is 0 Å². The third kappa shape index (κ3) is 2.48. The average molecular weight is 196 g/mol. The van der Waals surface area contributed by atoms with E-state index in [1.165, 1.54) is 10.5 Å². The van der Waals surface area contributed by atoms with Gasteiger partial charge in [0.1, 0.15) is 0 Å². The standard InChI is InChI=1S/C11H16OS/c1-11(2,12-3)9-5-7-10(13-4)8-6-9/h5-8H,1-4H3. The van der Waals surface area contributed by atoms with Gasteiger partial charge in [-0.25, -0.2) is 0 Å². The number of rotatable bonds is 3. The maximum atomic E-state index is 5.39. The molecule has 1 nitrogen and oxygen atoms in total. The van der Waals surface area contributed by atoms with E-state index in [9.17, 15) is 0 Å². The van der Waals surface area contributed by atoms with E-state index in [0.29, 0.717) is 0 Å². The molecule has 0 amide bonds. The molecule has 0 atom stereocenters. The number of thioether (sulfide) groups is 1. The van der Waals surface area contributed by atoms with Gasteiger partial charge in [0, 0.05) is 12.0 Å². The summed E-state index contributed by atoms with van der Waals surface area (Å²) in [6.45, 7) is 4.14. The first-order valence-electron chi connectivity index (χ1n) is 4.30. The van der Waals surface area contributed by atoms with Crippen LogP contribution in [0.15, 0.2) is 29.2 Å². The number of ether oxygens (including phenoxy) is 1. The zero-order chi connectivity index (χ0) is 9.90. The minimum absolute atomic E-state index is 0.184. The molecule has 1 rings (SSSR count). The van der Waals surface area contributed by atoms with E-state index in [1.54, 1.807) is 18.9 Å². The van der Waals surface area contributed by atoms with Crippen LogP contribution in [0.5, 0.6) is 0 Å². The second kappa shape index (κ2) is 4.16. The van der Waals surface area contributed by atoms with E-state index >= 15 is 0 Å². The van der Waals surface area contributed by atoms with Crippen molar-refractivity contribution in [2.75, 3.05) is 13.4 Å². The summed E-state index contributed by atoms with van der Waals surface area (Å²) in [6.07, 6.45) is 2.08. The molecule has 0 saturated carbocycles. The van der Waals surface area contributed by atoms with Crippen molar-refractivity contribution in [3.8, 4) is 0 Å². The summed E-state index contributed by atoms with van der Waals surface area (Å²) in [6, 6.07) is 8.49. The van der Waals surface area contributed by atoms with Crippen LogP contribution in [-0.4, -0.2) is 13.4 Å². The van der Waals surface area contributed by atoms with Crippen LogP contribution in [0, 0.1) is 0 Å². The zero-order valence-corrected chi connectivity index (χ0v) is 9.44. The SMILES string of the molecule is COC(C)(C)c1ccc(SC)cc1. The Hall–Kier alpha value is -0.470. The number of hydrogen-bond donors (Lipinski definition) is 0. The molecular weight excluding hydrogens is 180 g/mol. The predicted octanol–water partition coefficient (Wildman–Crippen LogP) is 3.29. The van der Waals surface area contributed by atoms with Crippen LogP contribution in [0.4, 0.5) is 0 Å². The Morgan fingerprint density at radius 1 is 1.15 bits per heavy atom. The Labute approximate surface area is 84.5 Å². The van der Waals surface area contributed by atoms with Crippen molar-refractivity contribution in [2.24, 2.45) is 0 Å². The molecule has 0 aliphatic heterocycles. The summed E-state index contributed by atoms with van der Waals surface area (Å²) in [4.78, 5) is 1.29. The van der Waals surface area contributed by atoms with Gasteiger partial charge in [-0.1, -0.05) is 12.1 Å². The fourth-order valence-corrected chi connectivity index (χ4v) is 1.52. The van der Waals surface area contributed by atoms with Crippen molar-refractivity contribution in [3.63, 3.8) is 0 Å². The Morgan fingerprint density at radius 2 is 1.69 bits per heavy atom. The van der Waals surface area contributed by atoms with Gasteiger partial charge < -0.3 is 4.74 Å². The van der Waals surface area contributed by atoms with Gasteiger partial charge >= 0.3 is 0 Å². The first kappa shape index (κ1) is 10.6. The third-order valence-corrected chi connectivity index (χ3v) is 3.04. The van der Waals surface area contributed by atoms with E-state index in [1.807, 2.05) is 0 Å². The van der Waals surface area contributed by atoms with Crippen LogP contribution < -0.4 is 0 Å². The monoisotopic (exact) mass is 196 g/mol. The van der Waals surface area contributed by atoms with Gasteiger partial charge in [0.2, 0.25) is 0 Å². The molecule has 1 aromatic rings. The van der Waals surface area contributed by atoms with E-state index in [2.05, 4.69) is 44.4 Å². The highest BCUT2D eigenvalue weighted by molar-refractivity contribution is 7.98. The summed E-state index contributed by atoms with van der Waals surface area (Å²) in [5.74, 6) is 0. The van der Waals surface area contributed by atoms with Crippen LogP contribution >= 0.6 is 11.8 Å². The minimum Gasteiger partial charge on any atom is -0.374 e. The van der Waals surface area contributed by atoms with E-state index in [-0.39, 0.29) is 5.60 Å². The lowest BCUT2D eigenvalue weighted by Crippen LogP contribution is -2.18. The Bertz CT molecular complexity index is 264. The summed E-state index contributed by atoms with van der Waals surface area (Å²) < 4.78 is 5.39. The predicted molar refractivity (Wildman–Crippen MR) is 58.3 cm³/mol. The van der Waals surface area contributed by atoms with Gasteiger partial charge in [-0.15, -0.1) is 11.8 Å². The van der Waals surface area contributed by atoms with Gasteiger partial charge in [0.05, 0.1) is 5.60 Å². The Morgan fingerprint density at radius 3 is 2.08 bits per heavy atom. The molecule has 0 heterocycles. The van der Waals surface area contributed by atoms with E-state index in [0.717, 1.165) is 0 Å². The molecule has 0 unspecified atom stereocenters. The van der Waals surface area contributed by atoms with Gasteiger partial charge in [-0.2, -0.15) is 0 Å². The van der Waals surface area contributed by atoms with Gasteiger partial charge in [-0.3, -0.25) is 0 Å². The molecule has 0 aliphatic rings. The molecule has 2 heteroatoms. The summed E-state index contributed by atoms with van der Waals surface area (Å²) in [5.41, 5.74) is 1.03. The second-order valence-electron chi connectivity index (χ2n) is 3.44. The van der Waals surface area contributed by atoms with Crippen molar-refractivity contribution in [1.82, 2.24) is 0 Å². The lowest BCUT2D eigenvalue weighted by Gasteiger charge is -2.23. The van der Waals surface area contributed by atoms with Crippen molar-refractivity contribution in [3.05, 3.63) is 29.8 Å². The highest BCUT2D eigenvalue weighted by Gasteiger charge is 2.18. The van der Waals surface area contributed by atoms with Crippen LogP contribution in [0.25, 0.3) is 0 Å². The second-order valence-corrected chi connectivity index (χ2v) is 4.32. The Balaban J connectivity index is 2.92. The molecule has 0 spiro atoms. The lowest BCUT2D eigenvalue weighted by atomic mass is 9.98. The Kier molecular flexibility index (Phi) is 3.40. The molecule has 0 aliphatic carbocycles. The molecule has 0 fully saturated rings. The highest BCUT2D eigenvalue weighted by Crippen LogP contribution is 2.25. The first-order valence-corrected chi connectivity index (χ1v) is 5.52. The fourth-order valence-electron chi connectivity index (χ4n) is 1.11. The summed E-state index contributed by atoms with van der Waals surface area (Å²) in [5, 5.41) is 0. The minimum atomic E-state index is -0.184. The van der Waals surface area contributed by atoms with Gasteiger partial charge in [0.25, 0.3) is 0 Å². The number of methoxy groups -OCH3 is 1.